The third kappa shape index (κ3) is 3.79. The number of fused-ring (bicyclic) bond motifs is 1. The quantitative estimate of drug-likeness (QED) is 0.751. The molecule has 2 atom stereocenters. The zero-order chi connectivity index (χ0) is 21.3. The third-order valence-electron chi connectivity index (χ3n) is 4.95. The molecule has 1 aliphatic heterocycles. The van der Waals surface area contributed by atoms with Gasteiger partial charge in [-0.2, -0.15) is 0 Å². The number of methoxy groups -OCH3 is 1. The van der Waals surface area contributed by atoms with Crippen molar-refractivity contribution in [3.8, 4) is 0 Å². The molecule has 1 aliphatic carbocycles. The average molecular weight is 412 g/mol. The van der Waals surface area contributed by atoms with E-state index in [1.807, 2.05) is 12.2 Å². The van der Waals surface area contributed by atoms with Crippen molar-refractivity contribution in [1.29, 1.82) is 0 Å². The molecule has 2 aliphatic rings. The normalized spacial score (nSPS) is 19.8. The van der Waals surface area contributed by atoms with Crippen LogP contribution in [0.2, 0.25) is 0 Å². The molecule has 2 heterocycles. The summed E-state index contributed by atoms with van der Waals surface area (Å²) in [5.41, 5.74) is 4.63. The molecule has 2 aromatic rings. The van der Waals surface area contributed by atoms with Crippen LogP contribution in [0, 0.1) is 17.6 Å². The minimum atomic E-state index is -0.673. The SMILES string of the molecule is COC(=O)c1ccc(C(=O)NC2C=CC=C3C2CNN3c2cc(F)cc(F)c2)nc1. The lowest BCUT2D eigenvalue weighted by Crippen LogP contribution is -2.41. The number of hydrazine groups is 1. The predicted octanol–water partition coefficient (Wildman–Crippen LogP) is 2.34. The fourth-order valence-corrected chi connectivity index (χ4v) is 3.52. The fraction of sp³-hybridized carbons (Fsp3) is 0.190. The molecule has 1 fully saturated rings. The Morgan fingerprint density at radius 1 is 1.23 bits per heavy atom. The van der Waals surface area contributed by atoms with E-state index >= 15 is 0 Å². The number of anilines is 1. The number of halogens is 2. The molecule has 0 saturated carbocycles. The minimum Gasteiger partial charge on any atom is -0.465 e. The number of aromatic nitrogens is 1. The molecule has 1 amide bonds. The van der Waals surface area contributed by atoms with E-state index in [-0.39, 0.29) is 23.2 Å². The standard InChI is InChI=1S/C21H18F2N4O3/c1-30-21(29)12-5-6-18(24-10-12)20(28)26-17-3-2-4-19-16(17)11-25-27(19)15-8-13(22)7-14(23)9-15/h2-10,16-17,25H,11H2,1H3,(H,26,28). The van der Waals surface area contributed by atoms with E-state index in [9.17, 15) is 18.4 Å². The monoisotopic (exact) mass is 412 g/mol. The maximum absolute atomic E-state index is 13.6. The maximum Gasteiger partial charge on any atom is 0.339 e. The topological polar surface area (TPSA) is 83.6 Å². The van der Waals surface area contributed by atoms with E-state index in [0.717, 1.165) is 11.8 Å². The number of nitrogens with one attached hydrogen (secondary N) is 2. The minimum absolute atomic E-state index is 0.139. The van der Waals surface area contributed by atoms with Crippen LogP contribution in [-0.2, 0) is 4.74 Å². The van der Waals surface area contributed by atoms with Crippen LogP contribution in [0.5, 0.6) is 0 Å². The highest BCUT2D eigenvalue weighted by molar-refractivity contribution is 5.94. The highest BCUT2D eigenvalue weighted by Gasteiger charge is 2.36. The molecule has 0 bridgehead atoms. The molecule has 4 rings (SSSR count). The van der Waals surface area contributed by atoms with E-state index in [4.69, 9.17) is 0 Å². The molecular formula is C21H18F2N4O3. The van der Waals surface area contributed by atoms with Crippen molar-refractivity contribution in [1.82, 2.24) is 15.7 Å². The van der Waals surface area contributed by atoms with Gasteiger partial charge in [0.05, 0.1) is 24.4 Å². The summed E-state index contributed by atoms with van der Waals surface area (Å²) in [6.07, 6.45) is 6.73. The average Bonchev–Trinajstić information content (AvgIpc) is 3.18. The Balaban J connectivity index is 1.48. The summed E-state index contributed by atoms with van der Waals surface area (Å²) in [6.45, 7) is 0.466. The number of carbonyl (C=O) groups is 2. The molecule has 0 radical (unpaired) electrons. The van der Waals surface area contributed by atoms with Gasteiger partial charge in [-0.3, -0.25) is 14.8 Å². The smallest absolute Gasteiger partial charge is 0.339 e. The van der Waals surface area contributed by atoms with Crippen LogP contribution in [0.25, 0.3) is 0 Å². The van der Waals surface area contributed by atoms with Crippen molar-refractivity contribution in [2.24, 2.45) is 5.92 Å². The second kappa shape index (κ2) is 8.03. The lowest BCUT2D eigenvalue weighted by molar-refractivity contribution is 0.0599. The number of hydrogen-bond donors (Lipinski definition) is 2. The van der Waals surface area contributed by atoms with Crippen molar-refractivity contribution < 1.29 is 23.1 Å². The first-order chi connectivity index (χ1) is 14.5. The first-order valence-corrected chi connectivity index (χ1v) is 9.19. The van der Waals surface area contributed by atoms with E-state index in [1.54, 1.807) is 11.1 Å². The van der Waals surface area contributed by atoms with Gasteiger partial charge in [-0.25, -0.2) is 19.0 Å². The number of carbonyl (C=O) groups excluding carboxylic acids is 2. The first-order valence-electron chi connectivity index (χ1n) is 9.19. The fourth-order valence-electron chi connectivity index (χ4n) is 3.52. The van der Waals surface area contributed by atoms with Crippen molar-refractivity contribution in [3.63, 3.8) is 0 Å². The Morgan fingerprint density at radius 2 is 2.00 bits per heavy atom. The van der Waals surface area contributed by atoms with Gasteiger partial charge < -0.3 is 10.1 Å². The van der Waals surface area contributed by atoms with Gasteiger partial charge in [-0.05, 0) is 30.3 Å². The maximum atomic E-state index is 13.6. The number of ether oxygens (including phenoxy) is 1. The lowest BCUT2D eigenvalue weighted by Gasteiger charge is -2.27. The highest BCUT2D eigenvalue weighted by atomic mass is 19.1. The Hall–Kier alpha value is -3.59. The Kier molecular flexibility index (Phi) is 5.28. The number of allylic oxidation sites excluding steroid dienone is 2. The molecule has 2 N–H and O–H groups in total. The van der Waals surface area contributed by atoms with Gasteiger partial charge in [0.15, 0.2) is 0 Å². The van der Waals surface area contributed by atoms with Crippen LogP contribution in [0.1, 0.15) is 20.8 Å². The van der Waals surface area contributed by atoms with Crippen molar-refractivity contribution in [2.45, 2.75) is 6.04 Å². The zero-order valence-corrected chi connectivity index (χ0v) is 15.9. The van der Waals surface area contributed by atoms with E-state index in [2.05, 4.69) is 20.5 Å². The summed E-state index contributed by atoms with van der Waals surface area (Å²) in [5.74, 6) is -2.43. The second-order valence-corrected chi connectivity index (χ2v) is 6.83. The summed E-state index contributed by atoms with van der Waals surface area (Å²) in [6, 6.07) is 5.84. The van der Waals surface area contributed by atoms with Crippen molar-refractivity contribution >= 4 is 17.6 Å². The van der Waals surface area contributed by atoms with Crippen LogP contribution < -0.4 is 15.8 Å². The molecule has 1 aromatic heterocycles. The Morgan fingerprint density at radius 3 is 2.67 bits per heavy atom. The molecule has 0 spiro atoms. The van der Waals surface area contributed by atoms with Crippen LogP contribution in [0.3, 0.4) is 0 Å². The van der Waals surface area contributed by atoms with Gasteiger partial charge in [-0.15, -0.1) is 0 Å². The van der Waals surface area contributed by atoms with Gasteiger partial charge in [0.2, 0.25) is 0 Å². The van der Waals surface area contributed by atoms with Crippen LogP contribution in [0.15, 0.2) is 60.5 Å². The molecule has 9 heteroatoms. The molecule has 2 unspecified atom stereocenters. The predicted molar refractivity (Wildman–Crippen MR) is 104 cm³/mol. The number of pyridine rings is 1. The van der Waals surface area contributed by atoms with Gasteiger partial charge in [-0.1, -0.05) is 12.2 Å². The number of nitrogens with zero attached hydrogens (tertiary/aromatic N) is 2. The summed E-state index contributed by atoms with van der Waals surface area (Å²) in [5, 5.41) is 4.52. The Bertz CT molecular complexity index is 1030. The molecule has 30 heavy (non-hydrogen) atoms. The third-order valence-corrected chi connectivity index (χ3v) is 4.95. The van der Waals surface area contributed by atoms with E-state index in [1.165, 1.54) is 37.6 Å². The molecule has 7 nitrogen and oxygen atoms in total. The van der Waals surface area contributed by atoms with Gasteiger partial charge in [0, 0.05) is 30.4 Å². The van der Waals surface area contributed by atoms with E-state index in [0.29, 0.717) is 12.2 Å². The van der Waals surface area contributed by atoms with Gasteiger partial charge in [0.1, 0.15) is 17.3 Å². The van der Waals surface area contributed by atoms with Gasteiger partial charge >= 0.3 is 5.97 Å². The molecule has 1 aromatic carbocycles. The first kappa shape index (κ1) is 19.7. The lowest BCUT2D eigenvalue weighted by atomic mass is 9.92. The summed E-state index contributed by atoms with van der Waals surface area (Å²) in [4.78, 5) is 28.1. The molecule has 1 saturated heterocycles. The number of rotatable bonds is 4. The highest BCUT2D eigenvalue weighted by Crippen LogP contribution is 2.32. The summed E-state index contributed by atoms with van der Waals surface area (Å²) < 4.78 is 31.9. The number of esters is 1. The summed E-state index contributed by atoms with van der Waals surface area (Å²) in [7, 11) is 1.26. The molecular weight excluding hydrogens is 394 g/mol. The number of amides is 1. The summed E-state index contributed by atoms with van der Waals surface area (Å²) >= 11 is 0. The molecule has 154 valence electrons. The van der Waals surface area contributed by atoms with Crippen molar-refractivity contribution in [3.05, 3.63) is 83.3 Å². The van der Waals surface area contributed by atoms with Gasteiger partial charge in [0.25, 0.3) is 5.91 Å². The number of benzene rings is 1. The zero-order valence-electron chi connectivity index (χ0n) is 15.9. The largest absolute Gasteiger partial charge is 0.465 e. The second-order valence-electron chi connectivity index (χ2n) is 6.83. The van der Waals surface area contributed by atoms with Crippen LogP contribution >= 0.6 is 0 Å². The number of hydrogen-bond acceptors (Lipinski definition) is 6. The van der Waals surface area contributed by atoms with Crippen LogP contribution in [-0.4, -0.2) is 36.6 Å². The van der Waals surface area contributed by atoms with E-state index < -0.39 is 23.5 Å². The van der Waals surface area contributed by atoms with Crippen LogP contribution in [0.4, 0.5) is 14.5 Å². The Labute approximate surface area is 171 Å². The van der Waals surface area contributed by atoms with Crippen molar-refractivity contribution in [2.75, 3.05) is 18.7 Å².